The van der Waals surface area contributed by atoms with Crippen molar-refractivity contribution in [1.82, 2.24) is 34.7 Å². The van der Waals surface area contributed by atoms with Crippen LogP contribution in [-0.2, 0) is 76.7 Å². The van der Waals surface area contributed by atoms with Crippen molar-refractivity contribution < 1.29 is 62.1 Å². The first-order chi connectivity index (χ1) is 37.6. The fourth-order valence-electron chi connectivity index (χ4n) is 9.55. The van der Waals surface area contributed by atoms with E-state index in [1.165, 1.54) is 48.2 Å². The van der Waals surface area contributed by atoms with Crippen LogP contribution in [0.25, 0.3) is 0 Å². The van der Waals surface area contributed by atoms with Crippen molar-refractivity contribution in [2.75, 3.05) is 28.2 Å². The molecule has 0 unspecified atom stereocenters. The molecule has 2 aromatic carbocycles. The second kappa shape index (κ2) is 28.9. The van der Waals surface area contributed by atoms with E-state index in [0.29, 0.717) is 23.2 Å². The van der Waals surface area contributed by atoms with Crippen LogP contribution >= 0.6 is 0 Å². The van der Waals surface area contributed by atoms with E-state index in [9.17, 15) is 38.4 Å². The van der Waals surface area contributed by atoms with Gasteiger partial charge in [-0.15, -0.1) is 0 Å². The van der Waals surface area contributed by atoms with Crippen LogP contribution in [0.4, 0.5) is 0 Å². The van der Waals surface area contributed by atoms with Crippen LogP contribution in [0.2, 0.25) is 0 Å². The summed E-state index contributed by atoms with van der Waals surface area (Å²) < 4.78 is 25.7. The van der Waals surface area contributed by atoms with Gasteiger partial charge in [0.15, 0.2) is 24.4 Å². The Kier molecular flexibility index (Phi) is 23.0. The summed E-state index contributed by atoms with van der Waals surface area (Å²) in [4.78, 5) is 134. The van der Waals surface area contributed by atoms with Gasteiger partial charge in [0.2, 0.25) is 0 Å². The van der Waals surface area contributed by atoms with Crippen LogP contribution in [0, 0.1) is 23.7 Å². The molecule has 438 valence electrons. The highest BCUT2D eigenvalue weighted by atomic mass is 16.6. The second-order valence-electron chi connectivity index (χ2n) is 23.3. The minimum absolute atomic E-state index is 0.0694. The maximum Gasteiger partial charge on any atom is 0.329 e. The van der Waals surface area contributed by atoms with Crippen LogP contribution in [0.1, 0.15) is 135 Å². The first-order valence-electron chi connectivity index (χ1n) is 28.0. The van der Waals surface area contributed by atoms with Crippen molar-refractivity contribution >= 4 is 53.4 Å². The lowest BCUT2D eigenvalue weighted by Gasteiger charge is -2.35. The first kappa shape index (κ1) is 63.7. The zero-order chi connectivity index (χ0) is 59.3. The number of hydrogen-bond acceptors (Lipinski definition) is 14. The Balaban J connectivity index is 1.56. The average molecular weight is 1110 g/mol. The smallest absolute Gasteiger partial charge is 0.329 e. The van der Waals surface area contributed by atoms with Crippen LogP contribution in [0.5, 0.6) is 0 Å². The minimum atomic E-state index is -1.57. The van der Waals surface area contributed by atoms with Gasteiger partial charge in [-0.1, -0.05) is 110 Å². The van der Waals surface area contributed by atoms with E-state index in [2.05, 4.69) is 10.4 Å². The number of ether oxygens (including phenoxy) is 4. The largest absolute Gasteiger partial charge is 0.451 e. The van der Waals surface area contributed by atoms with Crippen molar-refractivity contribution in [3.63, 3.8) is 0 Å². The molecule has 0 spiro atoms. The number of carbonyl (C=O) groups is 9. The van der Waals surface area contributed by atoms with Gasteiger partial charge < -0.3 is 43.9 Å². The van der Waals surface area contributed by atoms with E-state index in [-0.39, 0.29) is 74.1 Å². The predicted molar refractivity (Wildman–Crippen MR) is 297 cm³/mol. The molecule has 1 saturated carbocycles. The summed E-state index contributed by atoms with van der Waals surface area (Å²) in [5, 5.41) is 7.31. The third-order valence-corrected chi connectivity index (χ3v) is 14.3. The Morgan fingerprint density at radius 1 is 0.512 bits per heavy atom. The zero-order valence-electron chi connectivity index (χ0n) is 49.2. The fraction of sp³-hybridized carbons (Fsp3) is 0.600. The number of hydrogen-bond donors (Lipinski definition) is 1. The lowest BCUT2D eigenvalue weighted by molar-refractivity contribution is -0.176. The van der Waals surface area contributed by atoms with Crippen molar-refractivity contribution in [1.29, 1.82) is 0 Å². The van der Waals surface area contributed by atoms with E-state index >= 15 is 4.79 Å². The molecule has 0 bridgehead atoms. The maximum absolute atomic E-state index is 15.0. The number of rotatable bonds is 16. The molecule has 1 saturated heterocycles. The predicted octanol–water partition coefficient (Wildman–Crippen LogP) is 5.80. The summed E-state index contributed by atoms with van der Waals surface area (Å²) in [6.45, 7) is 17.8. The van der Waals surface area contributed by atoms with Gasteiger partial charge in [-0.2, -0.15) is 5.10 Å². The number of aromatic nitrogens is 2. The molecule has 80 heavy (non-hydrogen) atoms. The van der Waals surface area contributed by atoms with Crippen molar-refractivity contribution in [3.8, 4) is 0 Å². The monoisotopic (exact) mass is 1110 g/mol. The Morgan fingerprint density at radius 2 is 0.863 bits per heavy atom. The molecule has 0 radical (unpaired) electrons. The highest BCUT2D eigenvalue weighted by Crippen LogP contribution is 2.25. The lowest BCUT2D eigenvalue weighted by Crippen LogP contribution is -2.55. The fourth-order valence-corrected chi connectivity index (χ4v) is 9.55. The molecule has 1 aliphatic heterocycles. The van der Waals surface area contributed by atoms with E-state index in [0.717, 1.165) is 38.0 Å². The molecular formula is C60H85N7O13. The van der Waals surface area contributed by atoms with Gasteiger partial charge in [-0.25, -0.2) is 19.2 Å². The van der Waals surface area contributed by atoms with Gasteiger partial charge in [0.25, 0.3) is 29.5 Å². The number of likely N-dealkylation sites (N-methyl/N-ethyl adjacent to an activating group) is 4. The molecule has 2 fully saturated rings. The average Bonchev–Trinajstić information content (AvgIpc) is 4.10. The molecule has 20 heteroatoms. The van der Waals surface area contributed by atoms with Crippen molar-refractivity contribution in [2.45, 2.75) is 182 Å². The van der Waals surface area contributed by atoms with Gasteiger partial charge in [0, 0.05) is 53.3 Å². The molecule has 2 heterocycles. The molecular weight excluding hydrogens is 1030 g/mol. The minimum Gasteiger partial charge on any atom is -0.451 e. The summed E-state index contributed by atoms with van der Waals surface area (Å²) in [5.74, 6) is -7.68. The summed E-state index contributed by atoms with van der Waals surface area (Å²) >= 11 is 0. The Labute approximate surface area is 471 Å². The molecule has 2 aliphatic rings. The maximum atomic E-state index is 15.0. The van der Waals surface area contributed by atoms with Gasteiger partial charge in [0.1, 0.15) is 24.2 Å². The van der Waals surface area contributed by atoms with Gasteiger partial charge in [0.05, 0.1) is 18.3 Å². The normalized spacial score (nSPS) is 24.1. The SMILES string of the molecule is CC(C)C[C@H]1C(=O)O[C@H](Cc2ccc(Cn3cc(C(=O)NC4CC4)cn3)cc2)C(=O)N(C)[C@@H](CC(C)C)C(=O)O[C@H](C)C(=O)N(C)[C@@H](CC(C)C)C(=O)O[C@H](Cc2ccccc2)C(=O)N(C)[C@@H](CC(C)C)C(=O)O[C@H](C)C(=O)N1C. The quantitative estimate of drug-likeness (QED) is 0.132. The third-order valence-electron chi connectivity index (χ3n) is 14.3. The molecule has 1 aliphatic carbocycles. The number of esters is 4. The van der Waals surface area contributed by atoms with Crippen molar-refractivity contribution in [3.05, 3.63) is 89.2 Å². The van der Waals surface area contributed by atoms with Gasteiger partial charge in [-0.3, -0.25) is 28.7 Å². The van der Waals surface area contributed by atoms with E-state index in [1.54, 1.807) is 53.3 Å². The Hall–Kier alpha value is -7.12. The molecule has 3 aromatic rings. The number of nitrogens with one attached hydrogen (secondary N) is 1. The number of amides is 5. The number of carbonyl (C=O) groups excluding carboxylic acids is 9. The molecule has 1 aromatic heterocycles. The molecule has 5 rings (SSSR count). The zero-order valence-corrected chi connectivity index (χ0v) is 49.2. The summed E-state index contributed by atoms with van der Waals surface area (Å²) in [6, 6.07) is 11.0. The summed E-state index contributed by atoms with van der Waals surface area (Å²) in [7, 11) is 5.53. The highest BCUT2D eigenvalue weighted by Gasteiger charge is 2.43. The van der Waals surface area contributed by atoms with Crippen LogP contribution in [0.15, 0.2) is 67.0 Å². The lowest BCUT2D eigenvalue weighted by atomic mass is 9.99. The van der Waals surface area contributed by atoms with Gasteiger partial charge >= 0.3 is 23.9 Å². The van der Waals surface area contributed by atoms with Crippen molar-refractivity contribution in [2.24, 2.45) is 23.7 Å². The Bertz CT molecular complexity index is 2620. The first-order valence-corrected chi connectivity index (χ1v) is 28.0. The summed E-state index contributed by atoms with van der Waals surface area (Å²) in [6.07, 6.45) is -0.910. The van der Waals surface area contributed by atoms with Gasteiger partial charge in [-0.05, 0) is 92.7 Å². The molecule has 5 amide bonds. The summed E-state index contributed by atoms with van der Waals surface area (Å²) in [5.41, 5.74) is 2.46. The van der Waals surface area contributed by atoms with Crippen LogP contribution < -0.4 is 5.32 Å². The number of cyclic esters (lactones) is 4. The topological polar surface area (TPSA) is 233 Å². The molecule has 20 nitrogen and oxygen atoms in total. The Morgan fingerprint density at radius 3 is 1.24 bits per heavy atom. The molecule has 1 N–H and O–H groups in total. The van der Waals surface area contributed by atoms with Crippen LogP contribution in [0.3, 0.4) is 0 Å². The van der Waals surface area contributed by atoms with E-state index in [4.69, 9.17) is 18.9 Å². The highest BCUT2D eigenvalue weighted by molar-refractivity contribution is 5.95. The van der Waals surface area contributed by atoms with E-state index < -0.39 is 96.1 Å². The second-order valence-corrected chi connectivity index (χ2v) is 23.3. The van der Waals surface area contributed by atoms with Crippen LogP contribution in [-0.4, -0.2) is 166 Å². The number of benzene rings is 2. The number of nitrogens with zero attached hydrogens (tertiary/aromatic N) is 6. The third kappa shape index (κ3) is 17.9. The van der Waals surface area contributed by atoms with E-state index in [1.807, 2.05) is 67.5 Å². The molecule has 8 atom stereocenters. The standard InChI is InChI=1S/C60H85N7O13/c1-35(2)26-46-57(73)77-40(10)54(70)64(12)49(29-38(7)8)60(76)80-51(31-42-20-22-43(23-21-42)33-67-34-44(32-61-67)52(68)62-45-24-25-45)56(72)66(14)47(27-36(3)4)58(74)78-39(9)53(69)63(11)48(28-37(5)6)59(75)79-50(55(71)65(46)13)30-41-18-16-15-17-19-41/h15-23,32,34-40,45-51H,24-31,33H2,1-14H3,(H,62,68)/t39-,40-,46+,47+,48+,49+,50-,51-/m1/s1.